The Kier molecular flexibility index (Phi) is 4.90. The molecule has 4 aromatic rings. The first kappa shape index (κ1) is 20.1. The minimum atomic E-state index is -5.08. The maximum absolute atomic E-state index is 12.9. The Bertz CT molecular complexity index is 1180. The van der Waals surface area contributed by atoms with Gasteiger partial charge in [-0.15, -0.1) is 10.2 Å². The number of hydrogen-bond acceptors (Lipinski definition) is 4. The van der Waals surface area contributed by atoms with Gasteiger partial charge in [0.2, 0.25) is 0 Å². The fourth-order valence-corrected chi connectivity index (χ4v) is 2.40. The van der Waals surface area contributed by atoms with E-state index in [1.54, 1.807) is 22.7 Å². The maximum atomic E-state index is 12.9. The molecule has 0 saturated carbocycles. The molecule has 2 N–H and O–H groups in total. The number of aromatic nitrogens is 5. The van der Waals surface area contributed by atoms with Gasteiger partial charge in [0, 0.05) is 11.8 Å². The van der Waals surface area contributed by atoms with Gasteiger partial charge in [-0.25, -0.2) is 9.78 Å². The monoisotopic (exact) mass is 417 g/mol. The highest BCUT2D eigenvalue weighted by molar-refractivity contribution is 5.77. The van der Waals surface area contributed by atoms with Gasteiger partial charge in [0.15, 0.2) is 17.1 Å². The number of carboxylic acid groups (broad SMARTS) is 1. The third kappa shape index (κ3) is 4.12. The number of benzene rings is 1. The predicted octanol–water partition coefficient (Wildman–Crippen LogP) is 3.92. The SMILES string of the molecule is FC(F)(F)c1cccc(-c2nnc3cnc4[nH]ccc4n23)c1.O=C(O)C(F)(F)F. The van der Waals surface area contributed by atoms with Crippen molar-refractivity contribution in [2.45, 2.75) is 12.4 Å². The van der Waals surface area contributed by atoms with Gasteiger partial charge >= 0.3 is 18.3 Å². The molecule has 3 aromatic heterocycles. The van der Waals surface area contributed by atoms with Crippen molar-refractivity contribution >= 4 is 22.8 Å². The first-order chi connectivity index (χ1) is 13.5. The lowest BCUT2D eigenvalue weighted by Gasteiger charge is -2.08. The van der Waals surface area contributed by atoms with Crippen LogP contribution < -0.4 is 0 Å². The fraction of sp³-hybridized carbons (Fsp3) is 0.125. The first-order valence-corrected chi connectivity index (χ1v) is 7.63. The highest BCUT2D eigenvalue weighted by Crippen LogP contribution is 2.32. The summed E-state index contributed by atoms with van der Waals surface area (Å²) in [5, 5.41) is 15.1. The summed E-state index contributed by atoms with van der Waals surface area (Å²) in [6.07, 6.45) is -6.27. The number of carbonyl (C=O) groups is 1. The molecule has 1 aromatic carbocycles. The molecule has 7 nitrogen and oxygen atoms in total. The summed E-state index contributed by atoms with van der Waals surface area (Å²) in [5.41, 5.74) is 1.41. The topological polar surface area (TPSA) is 96.2 Å². The maximum Gasteiger partial charge on any atom is 0.490 e. The van der Waals surface area contributed by atoms with Crippen molar-refractivity contribution in [2.24, 2.45) is 0 Å². The number of H-pyrrole nitrogens is 1. The predicted molar refractivity (Wildman–Crippen MR) is 86.8 cm³/mol. The first-order valence-electron chi connectivity index (χ1n) is 7.63. The van der Waals surface area contributed by atoms with Gasteiger partial charge in [0.1, 0.15) is 0 Å². The van der Waals surface area contributed by atoms with Gasteiger partial charge in [0.05, 0.1) is 17.3 Å². The molecule has 0 saturated heterocycles. The number of nitrogens with zero attached hydrogens (tertiary/aromatic N) is 4. The normalized spacial score (nSPS) is 12.1. The summed E-state index contributed by atoms with van der Waals surface area (Å²) < 4.78 is 72.0. The fourth-order valence-electron chi connectivity index (χ4n) is 2.40. The van der Waals surface area contributed by atoms with E-state index in [0.29, 0.717) is 28.2 Å². The molecule has 4 rings (SSSR count). The van der Waals surface area contributed by atoms with Gasteiger partial charge in [0.25, 0.3) is 0 Å². The second-order valence-corrected chi connectivity index (χ2v) is 5.57. The van der Waals surface area contributed by atoms with Crippen molar-refractivity contribution in [3.63, 3.8) is 0 Å². The number of halogens is 6. The van der Waals surface area contributed by atoms with Crippen molar-refractivity contribution in [3.05, 3.63) is 48.3 Å². The molecule has 0 fully saturated rings. The number of carboxylic acids is 1. The van der Waals surface area contributed by atoms with E-state index in [1.807, 2.05) is 0 Å². The van der Waals surface area contributed by atoms with Gasteiger partial charge in [-0.05, 0) is 18.2 Å². The number of aliphatic carboxylic acids is 1. The molecule has 3 heterocycles. The van der Waals surface area contributed by atoms with Crippen LogP contribution in [-0.2, 0) is 11.0 Å². The van der Waals surface area contributed by atoms with Crippen molar-refractivity contribution in [1.29, 1.82) is 0 Å². The summed E-state index contributed by atoms with van der Waals surface area (Å²) in [6, 6.07) is 6.80. The number of hydrogen-bond donors (Lipinski definition) is 2. The van der Waals surface area contributed by atoms with E-state index in [9.17, 15) is 26.3 Å². The van der Waals surface area contributed by atoms with Crippen LogP contribution in [0.2, 0.25) is 0 Å². The lowest BCUT2D eigenvalue weighted by molar-refractivity contribution is -0.192. The quantitative estimate of drug-likeness (QED) is 0.458. The Balaban J connectivity index is 0.000000298. The zero-order chi connectivity index (χ0) is 21.4. The van der Waals surface area contributed by atoms with Crippen molar-refractivity contribution in [1.82, 2.24) is 24.6 Å². The smallest absolute Gasteiger partial charge is 0.475 e. The van der Waals surface area contributed by atoms with Crippen LogP contribution in [0.1, 0.15) is 5.56 Å². The van der Waals surface area contributed by atoms with Crippen LogP contribution in [0.15, 0.2) is 42.7 Å². The number of fused-ring (bicyclic) bond motifs is 3. The Morgan fingerprint density at radius 1 is 1.07 bits per heavy atom. The number of nitrogens with one attached hydrogen (secondary N) is 1. The van der Waals surface area contributed by atoms with Gasteiger partial charge in [-0.1, -0.05) is 12.1 Å². The van der Waals surface area contributed by atoms with Crippen LogP contribution in [-0.4, -0.2) is 41.8 Å². The van der Waals surface area contributed by atoms with E-state index in [1.165, 1.54) is 12.3 Å². The van der Waals surface area contributed by atoms with E-state index >= 15 is 0 Å². The largest absolute Gasteiger partial charge is 0.490 e. The second kappa shape index (κ2) is 7.07. The average Bonchev–Trinajstić information content (AvgIpc) is 3.27. The third-order valence-corrected chi connectivity index (χ3v) is 3.63. The van der Waals surface area contributed by atoms with Crippen molar-refractivity contribution < 1.29 is 36.2 Å². The Hall–Kier alpha value is -3.64. The van der Waals surface area contributed by atoms with Gasteiger partial charge < -0.3 is 10.1 Å². The standard InChI is InChI=1S/C14H8F3N5.C2HF3O2/c15-14(16,17)9-3-1-2-8(6-9)13-21-20-11-7-19-12-10(22(11)13)4-5-18-12;3-2(4,5)1(6)7/h1-7,18H;(H,6,7). The minimum Gasteiger partial charge on any atom is -0.475 e. The van der Waals surface area contributed by atoms with Crippen LogP contribution in [0.4, 0.5) is 26.3 Å². The van der Waals surface area contributed by atoms with Crippen LogP contribution in [0.5, 0.6) is 0 Å². The Morgan fingerprint density at radius 2 is 1.76 bits per heavy atom. The van der Waals surface area contributed by atoms with Crippen LogP contribution in [0.25, 0.3) is 28.2 Å². The molecule has 0 bridgehead atoms. The zero-order valence-electron chi connectivity index (χ0n) is 14.0. The molecule has 0 aliphatic heterocycles. The minimum absolute atomic E-state index is 0.341. The highest BCUT2D eigenvalue weighted by Gasteiger charge is 2.38. The Labute approximate surface area is 156 Å². The molecule has 0 aliphatic rings. The van der Waals surface area contributed by atoms with Crippen LogP contribution >= 0.6 is 0 Å². The lowest BCUT2D eigenvalue weighted by Crippen LogP contribution is -2.21. The average molecular weight is 417 g/mol. The van der Waals surface area contributed by atoms with Crippen molar-refractivity contribution in [3.8, 4) is 11.4 Å². The second-order valence-electron chi connectivity index (χ2n) is 5.57. The number of rotatable bonds is 1. The third-order valence-electron chi connectivity index (χ3n) is 3.63. The lowest BCUT2D eigenvalue weighted by atomic mass is 10.1. The van der Waals surface area contributed by atoms with E-state index < -0.39 is 23.9 Å². The zero-order valence-corrected chi connectivity index (χ0v) is 14.0. The van der Waals surface area contributed by atoms with Gasteiger partial charge in [-0.2, -0.15) is 26.3 Å². The van der Waals surface area contributed by atoms with E-state index in [2.05, 4.69) is 20.2 Å². The molecule has 0 radical (unpaired) electrons. The van der Waals surface area contributed by atoms with Crippen LogP contribution in [0.3, 0.4) is 0 Å². The molecule has 0 spiro atoms. The molecule has 0 unspecified atom stereocenters. The van der Waals surface area contributed by atoms with E-state index in [-0.39, 0.29) is 0 Å². The summed E-state index contributed by atoms with van der Waals surface area (Å²) >= 11 is 0. The molecular weight excluding hydrogens is 408 g/mol. The molecule has 0 aliphatic carbocycles. The molecule has 29 heavy (non-hydrogen) atoms. The summed E-state index contributed by atoms with van der Waals surface area (Å²) in [6.45, 7) is 0. The number of aromatic amines is 1. The number of alkyl halides is 6. The van der Waals surface area contributed by atoms with E-state index in [0.717, 1.165) is 12.1 Å². The Morgan fingerprint density at radius 3 is 2.38 bits per heavy atom. The molecule has 0 atom stereocenters. The molecule has 0 amide bonds. The molecule has 13 heteroatoms. The van der Waals surface area contributed by atoms with Gasteiger partial charge in [-0.3, -0.25) is 4.40 Å². The summed E-state index contributed by atoms with van der Waals surface area (Å²) in [5.74, 6) is -2.42. The molecular formula is C16H9F6N5O2. The van der Waals surface area contributed by atoms with Crippen molar-refractivity contribution in [2.75, 3.05) is 0 Å². The van der Waals surface area contributed by atoms with Crippen LogP contribution in [0, 0.1) is 0 Å². The summed E-state index contributed by atoms with van der Waals surface area (Å²) in [7, 11) is 0. The van der Waals surface area contributed by atoms with E-state index in [4.69, 9.17) is 9.90 Å². The summed E-state index contributed by atoms with van der Waals surface area (Å²) in [4.78, 5) is 16.0. The highest BCUT2D eigenvalue weighted by atomic mass is 19.4. The molecule has 152 valence electrons.